The first kappa shape index (κ1) is 26.7. The van der Waals surface area contributed by atoms with E-state index in [2.05, 4.69) is 51.7 Å². The molecule has 0 unspecified atom stereocenters. The number of piperazine rings is 1. The molecule has 0 saturated carbocycles. The third kappa shape index (κ3) is 4.65. The first-order valence-corrected chi connectivity index (χ1v) is 15.1. The Morgan fingerprint density at radius 1 is 1.02 bits per heavy atom. The van der Waals surface area contributed by atoms with Crippen molar-refractivity contribution in [3.8, 4) is 6.07 Å². The molecule has 0 bridgehead atoms. The van der Waals surface area contributed by atoms with Crippen LogP contribution in [0.1, 0.15) is 58.6 Å². The Kier molecular flexibility index (Phi) is 6.87. The lowest BCUT2D eigenvalue weighted by Crippen LogP contribution is -2.56. The molecule has 8 heteroatoms. The van der Waals surface area contributed by atoms with E-state index in [0.29, 0.717) is 11.6 Å². The first-order chi connectivity index (χ1) is 19.9. The van der Waals surface area contributed by atoms with Gasteiger partial charge in [0, 0.05) is 72.5 Å². The number of carbonyl (C=O) groups excluding carboxylic acids is 1. The topological polar surface area (TPSA) is 84.8 Å². The van der Waals surface area contributed by atoms with Gasteiger partial charge < -0.3 is 19.4 Å². The number of carbonyl (C=O) groups is 1. The zero-order valence-electron chi connectivity index (χ0n) is 24.2. The predicted molar refractivity (Wildman–Crippen MR) is 159 cm³/mol. The zero-order valence-corrected chi connectivity index (χ0v) is 24.2. The lowest BCUT2D eigenvalue weighted by atomic mass is 9.70. The summed E-state index contributed by atoms with van der Waals surface area (Å²) in [7, 11) is 0. The van der Waals surface area contributed by atoms with Gasteiger partial charge in [-0.25, -0.2) is 0 Å². The number of nitrogens with one attached hydrogen (secondary N) is 1. The molecule has 0 spiro atoms. The number of hydrogen-bond acceptors (Lipinski definition) is 7. The zero-order chi connectivity index (χ0) is 28.1. The highest BCUT2D eigenvalue weighted by atomic mass is 16.5. The summed E-state index contributed by atoms with van der Waals surface area (Å²) < 4.78 is 11.0. The summed E-state index contributed by atoms with van der Waals surface area (Å²) in [6, 6.07) is 12.9. The van der Waals surface area contributed by atoms with Gasteiger partial charge >= 0.3 is 0 Å². The summed E-state index contributed by atoms with van der Waals surface area (Å²) in [4.78, 5) is 25.3. The average Bonchev–Trinajstić information content (AvgIpc) is 3.36. The fraction of sp³-hybridized carbons (Fsp3) is 0.515. The maximum Gasteiger partial charge on any atom is 0.195 e. The molecule has 8 nitrogen and oxygen atoms in total. The highest BCUT2D eigenvalue weighted by Gasteiger charge is 2.41. The summed E-state index contributed by atoms with van der Waals surface area (Å²) >= 11 is 0. The summed E-state index contributed by atoms with van der Waals surface area (Å²) in [6.45, 7) is 14.8. The third-order valence-electron chi connectivity index (χ3n) is 9.73. The molecule has 3 aromatic rings. The van der Waals surface area contributed by atoms with E-state index in [4.69, 9.17) is 9.47 Å². The number of morpholine rings is 1. The van der Waals surface area contributed by atoms with Gasteiger partial charge in [0.05, 0.1) is 49.7 Å². The van der Waals surface area contributed by atoms with Gasteiger partial charge in [-0.15, -0.1) is 0 Å². The van der Waals surface area contributed by atoms with Gasteiger partial charge in [0.25, 0.3) is 0 Å². The first-order valence-electron chi connectivity index (χ1n) is 15.1. The molecule has 0 radical (unpaired) electrons. The van der Waals surface area contributed by atoms with Crippen molar-refractivity contribution in [2.24, 2.45) is 0 Å². The second kappa shape index (κ2) is 10.6. The van der Waals surface area contributed by atoms with Crippen molar-refractivity contribution in [1.82, 2.24) is 14.8 Å². The highest BCUT2D eigenvalue weighted by Crippen LogP contribution is 2.46. The van der Waals surface area contributed by atoms with Gasteiger partial charge in [-0.3, -0.25) is 14.6 Å². The minimum atomic E-state index is -0.378. The minimum Gasteiger partial charge on any atom is -0.379 e. The SMILES string of the molecule is CC1(C)c2cc(N3CCN(C4COC4)CC3)c(CCCN3CCOCC3)cc2C(=O)c2c1[nH]c1cc(C#N)ccc21. The molecule has 0 amide bonds. The molecule has 1 aromatic heterocycles. The number of H-pyrrole nitrogens is 1. The molecular weight excluding hydrogens is 514 g/mol. The Morgan fingerprint density at radius 3 is 2.51 bits per heavy atom. The Morgan fingerprint density at radius 2 is 1.80 bits per heavy atom. The summed E-state index contributed by atoms with van der Waals surface area (Å²) in [6.07, 6.45) is 1.99. The molecule has 0 atom stereocenters. The molecule has 3 saturated heterocycles. The molecule has 1 N–H and O–H groups in total. The number of aromatic amines is 1. The van der Waals surface area contributed by atoms with Crippen molar-refractivity contribution in [3.63, 3.8) is 0 Å². The van der Waals surface area contributed by atoms with Crippen LogP contribution in [0.15, 0.2) is 30.3 Å². The van der Waals surface area contributed by atoms with Crippen molar-refractivity contribution in [3.05, 3.63) is 63.8 Å². The van der Waals surface area contributed by atoms with E-state index in [0.717, 1.165) is 118 Å². The van der Waals surface area contributed by atoms with E-state index in [1.54, 1.807) is 0 Å². The number of rotatable bonds is 6. The molecule has 41 heavy (non-hydrogen) atoms. The third-order valence-corrected chi connectivity index (χ3v) is 9.73. The number of benzene rings is 2. The fourth-order valence-corrected chi connectivity index (χ4v) is 7.15. The van der Waals surface area contributed by atoms with Gasteiger partial charge in [0.1, 0.15) is 0 Å². The largest absolute Gasteiger partial charge is 0.379 e. The van der Waals surface area contributed by atoms with Crippen LogP contribution in [0.5, 0.6) is 0 Å². The maximum atomic E-state index is 14.2. The smallest absolute Gasteiger partial charge is 0.195 e. The monoisotopic (exact) mass is 553 g/mol. The van der Waals surface area contributed by atoms with Crippen LogP contribution in [-0.4, -0.2) is 98.8 Å². The van der Waals surface area contributed by atoms with Gasteiger partial charge in [-0.1, -0.05) is 19.9 Å². The van der Waals surface area contributed by atoms with Crippen LogP contribution in [-0.2, 0) is 21.3 Å². The lowest BCUT2D eigenvalue weighted by molar-refractivity contribution is -0.0660. The lowest BCUT2D eigenvalue weighted by Gasteiger charge is -2.44. The number of anilines is 1. The normalized spacial score (nSPS) is 21.4. The molecule has 3 fully saturated rings. The number of nitrogens with zero attached hydrogens (tertiary/aromatic N) is 4. The van der Waals surface area contributed by atoms with Crippen molar-refractivity contribution >= 4 is 22.4 Å². The Bertz CT molecular complexity index is 1520. The minimum absolute atomic E-state index is 0.0843. The molecule has 4 heterocycles. The predicted octanol–water partition coefficient (Wildman–Crippen LogP) is 3.70. The Balaban J connectivity index is 1.25. The Labute approximate surface area is 241 Å². The second-order valence-electron chi connectivity index (χ2n) is 12.5. The van der Waals surface area contributed by atoms with Crippen LogP contribution >= 0.6 is 0 Å². The molecule has 2 aromatic carbocycles. The number of ether oxygens (including phenoxy) is 2. The maximum absolute atomic E-state index is 14.2. The highest BCUT2D eigenvalue weighted by molar-refractivity contribution is 6.20. The van der Waals surface area contributed by atoms with Crippen LogP contribution in [0.3, 0.4) is 0 Å². The summed E-state index contributed by atoms with van der Waals surface area (Å²) in [5.74, 6) is 0.0843. The van der Waals surface area contributed by atoms with Crippen LogP contribution in [0, 0.1) is 11.3 Å². The fourth-order valence-electron chi connectivity index (χ4n) is 7.15. The van der Waals surface area contributed by atoms with Gasteiger partial charge in [0.15, 0.2) is 5.78 Å². The summed E-state index contributed by atoms with van der Waals surface area (Å²) in [5, 5.41) is 10.3. The van der Waals surface area contributed by atoms with Crippen molar-refractivity contribution in [1.29, 1.82) is 5.26 Å². The van der Waals surface area contributed by atoms with Crippen molar-refractivity contribution in [2.75, 3.05) is 77.1 Å². The average molecular weight is 554 g/mol. The number of aryl methyl sites for hydroxylation is 1. The van der Waals surface area contributed by atoms with Crippen LogP contribution in [0.2, 0.25) is 0 Å². The molecule has 3 aliphatic heterocycles. The van der Waals surface area contributed by atoms with Crippen LogP contribution in [0.25, 0.3) is 10.9 Å². The van der Waals surface area contributed by atoms with E-state index in [-0.39, 0.29) is 11.2 Å². The molecule has 4 aliphatic rings. The Hall–Kier alpha value is -3.22. The van der Waals surface area contributed by atoms with E-state index < -0.39 is 0 Å². The number of fused-ring (bicyclic) bond motifs is 4. The van der Waals surface area contributed by atoms with Gasteiger partial charge in [-0.2, -0.15) is 5.26 Å². The standard InChI is InChI=1S/C33H39N5O3/c1-33(2)27-18-29(38-10-8-37(9-11-38)24-20-41-21-24)23(4-3-7-36-12-14-40-15-13-36)17-26(27)31(39)30-25-6-5-22(19-34)16-28(25)35-32(30)33/h5-6,16-18,24,35H,3-4,7-15,20-21H2,1-2H3. The number of ketones is 1. The van der Waals surface area contributed by atoms with Gasteiger partial charge in [0.2, 0.25) is 0 Å². The second-order valence-corrected chi connectivity index (χ2v) is 12.5. The van der Waals surface area contributed by atoms with E-state index >= 15 is 0 Å². The van der Waals surface area contributed by atoms with Crippen molar-refractivity contribution in [2.45, 2.75) is 38.1 Å². The number of nitriles is 1. The van der Waals surface area contributed by atoms with Crippen molar-refractivity contribution < 1.29 is 14.3 Å². The van der Waals surface area contributed by atoms with E-state index in [1.165, 1.54) is 11.3 Å². The quantitative estimate of drug-likeness (QED) is 0.498. The summed E-state index contributed by atoms with van der Waals surface area (Å²) in [5.41, 5.74) is 7.23. The molecular formula is C33H39N5O3. The molecule has 7 rings (SSSR count). The number of aromatic nitrogens is 1. The van der Waals surface area contributed by atoms with E-state index in [1.807, 2.05) is 18.2 Å². The molecule has 1 aliphatic carbocycles. The van der Waals surface area contributed by atoms with Crippen LogP contribution in [0.4, 0.5) is 5.69 Å². The van der Waals surface area contributed by atoms with Crippen LogP contribution < -0.4 is 4.90 Å². The van der Waals surface area contributed by atoms with E-state index in [9.17, 15) is 10.1 Å². The number of hydrogen-bond donors (Lipinski definition) is 1. The van der Waals surface area contributed by atoms with Gasteiger partial charge in [-0.05, 0) is 54.8 Å². The molecule has 214 valence electrons.